The highest BCUT2D eigenvalue weighted by Crippen LogP contribution is 2.26. The lowest BCUT2D eigenvalue weighted by atomic mass is 10.2. The number of nitrogens with zero attached hydrogens (tertiary/aromatic N) is 1. The Morgan fingerprint density at radius 2 is 2.12 bits per heavy atom. The zero-order chi connectivity index (χ0) is 17.3. The molecule has 0 saturated heterocycles. The third-order valence-electron chi connectivity index (χ3n) is 3.40. The fourth-order valence-corrected chi connectivity index (χ4v) is 2.27. The van der Waals surface area contributed by atoms with E-state index in [0.29, 0.717) is 5.76 Å². The molecular formula is C14H14N4O6. The first-order chi connectivity index (χ1) is 11.5. The Hall–Kier alpha value is -3.30. The molecule has 2 aromatic heterocycles. The zero-order valence-corrected chi connectivity index (χ0v) is 12.6. The molecule has 3 N–H and O–H groups in total. The van der Waals surface area contributed by atoms with Gasteiger partial charge >= 0.3 is 5.69 Å². The lowest BCUT2D eigenvalue weighted by Gasteiger charge is -2.30. The van der Waals surface area contributed by atoms with Crippen LogP contribution in [0.2, 0.25) is 0 Å². The fourth-order valence-electron chi connectivity index (χ4n) is 2.27. The van der Waals surface area contributed by atoms with Crippen molar-refractivity contribution in [3.63, 3.8) is 0 Å². The first-order valence-electron chi connectivity index (χ1n) is 7.09. The monoisotopic (exact) mass is 334 g/mol. The number of carbonyl (C=O) groups excluding carboxylic acids is 2. The van der Waals surface area contributed by atoms with Crippen LogP contribution < -0.4 is 26.2 Å². The SMILES string of the molecule is CC1Oc2c([nH]c(=O)[nH]c2=O)N(CC(=O)NCc2ccco2)C1=O. The minimum absolute atomic E-state index is 0.139. The number of aromatic nitrogens is 2. The molecule has 2 aromatic rings. The number of carbonyl (C=O) groups is 2. The number of anilines is 1. The summed E-state index contributed by atoms with van der Waals surface area (Å²) in [5.74, 6) is -0.825. The van der Waals surface area contributed by atoms with Gasteiger partial charge in [-0.15, -0.1) is 0 Å². The van der Waals surface area contributed by atoms with Crippen molar-refractivity contribution in [2.24, 2.45) is 0 Å². The molecule has 10 nitrogen and oxygen atoms in total. The molecule has 0 fully saturated rings. The normalized spacial score (nSPS) is 16.5. The molecule has 0 saturated carbocycles. The van der Waals surface area contributed by atoms with Gasteiger partial charge in [0.2, 0.25) is 11.7 Å². The summed E-state index contributed by atoms with van der Waals surface area (Å²) in [5.41, 5.74) is -1.57. The predicted octanol–water partition coefficient (Wildman–Crippen LogP) is -0.913. The Balaban J connectivity index is 1.82. The molecule has 0 spiro atoms. The number of ether oxygens (including phenoxy) is 1. The maximum atomic E-state index is 12.2. The molecule has 10 heteroatoms. The van der Waals surface area contributed by atoms with Crippen LogP contribution in [0.1, 0.15) is 12.7 Å². The fraction of sp³-hybridized carbons (Fsp3) is 0.286. The second kappa shape index (κ2) is 6.07. The molecule has 126 valence electrons. The van der Waals surface area contributed by atoms with Crippen molar-refractivity contribution >= 4 is 17.6 Å². The van der Waals surface area contributed by atoms with E-state index in [9.17, 15) is 19.2 Å². The topological polar surface area (TPSA) is 138 Å². The maximum Gasteiger partial charge on any atom is 0.327 e. The molecule has 0 bridgehead atoms. The highest BCUT2D eigenvalue weighted by atomic mass is 16.5. The van der Waals surface area contributed by atoms with Crippen LogP contribution in [0, 0.1) is 0 Å². The van der Waals surface area contributed by atoms with Crippen LogP contribution >= 0.6 is 0 Å². The van der Waals surface area contributed by atoms with Crippen molar-refractivity contribution in [1.29, 1.82) is 0 Å². The van der Waals surface area contributed by atoms with Gasteiger partial charge in [0.1, 0.15) is 12.3 Å². The van der Waals surface area contributed by atoms with Gasteiger partial charge in [0.05, 0.1) is 12.8 Å². The number of hydrogen-bond acceptors (Lipinski definition) is 6. The van der Waals surface area contributed by atoms with Gasteiger partial charge in [-0.1, -0.05) is 0 Å². The lowest BCUT2D eigenvalue weighted by Crippen LogP contribution is -2.51. The zero-order valence-electron chi connectivity index (χ0n) is 12.6. The van der Waals surface area contributed by atoms with E-state index in [-0.39, 0.29) is 24.7 Å². The van der Waals surface area contributed by atoms with E-state index in [1.165, 1.54) is 13.2 Å². The number of amides is 2. The Labute approximate surface area is 134 Å². The average Bonchev–Trinajstić information content (AvgIpc) is 3.04. The molecule has 0 aromatic carbocycles. The predicted molar refractivity (Wildman–Crippen MR) is 80.7 cm³/mol. The average molecular weight is 334 g/mol. The molecule has 1 aliphatic rings. The van der Waals surface area contributed by atoms with Crippen LogP contribution in [0.5, 0.6) is 5.75 Å². The third kappa shape index (κ3) is 2.93. The number of nitrogens with one attached hydrogen (secondary N) is 3. The Bertz CT molecular complexity index is 881. The number of aromatic amines is 2. The summed E-state index contributed by atoms with van der Waals surface area (Å²) in [6.45, 7) is 1.22. The van der Waals surface area contributed by atoms with Gasteiger partial charge in [0.25, 0.3) is 11.5 Å². The Morgan fingerprint density at radius 1 is 1.33 bits per heavy atom. The molecule has 0 aliphatic carbocycles. The summed E-state index contributed by atoms with van der Waals surface area (Å²) in [6.07, 6.45) is 0.518. The lowest BCUT2D eigenvalue weighted by molar-refractivity contribution is -0.128. The van der Waals surface area contributed by atoms with Crippen LogP contribution in [-0.2, 0) is 16.1 Å². The van der Waals surface area contributed by atoms with E-state index >= 15 is 0 Å². The molecule has 1 atom stereocenters. The molecule has 1 unspecified atom stereocenters. The van der Waals surface area contributed by atoms with E-state index in [1.54, 1.807) is 12.1 Å². The van der Waals surface area contributed by atoms with Crippen LogP contribution in [0.25, 0.3) is 0 Å². The summed E-state index contributed by atoms with van der Waals surface area (Å²) in [7, 11) is 0. The van der Waals surface area contributed by atoms with Crippen molar-refractivity contribution in [3.05, 3.63) is 45.0 Å². The van der Waals surface area contributed by atoms with E-state index in [1.807, 2.05) is 4.98 Å². The molecule has 0 radical (unpaired) electrons. The van der Waals surface area contributed by atoms with Crippen molar-refractivity contribution in [3.8, 4) is 5.75 Å². The number of H-pyrrole nitrogens is 2. The van der Waals surface area contributed by atoms with Crippen LogP contribution in [-0.4, -0.2) is 34.4 Å². The van der Waals surface area contributed by atoms with Gasteiger partial charge in [-0.2, -0.15) is 0 Å². The molecule has 1 aliphatic heterocycles. The number of furan rings is 1. The van der Waals surface area contributed by atoms with Gasteiger partial charge in [0, 0.05) is 0 Å². The van der Waals surface area contributed by atoms with E-state index in [4.69, 9.17) is 9.15 Å². The number of fused-ring (bicyclic) bond motifs is 1. The number of rotatable bonds is 4. The third-order valence-corrected chi connectivity index (χ3v) is 3.40. The minimum Gasteiger partial charge on any atom is -0.472 e. The maximum absolute atomic E-state index is 12.2. The van der Waals surface area contributed by atoms with Crippen molar-refractivity contribution in [2.75, 3.05) is 11.4 Å². The van der Waals surface area contributed by atoms with Gasteiger partial charge < -0.3 is 14.5 Å². The van der Waals surface area contributed by atoms with Crippen LogP contribution in [0.3, 0.4) is 0 Å². The summed E-state index contributed by atoms with van der Waals surface area (Å²) in [4.78, 5) is 52.9. The molecule has 2 amide bonds. The molecular weight excluding hydrogens is 320 g/mol. The van der Waals surface area contributed by atoms with Crippen LogP contribution in [0.15, 0.2) is 32.4 Å². The van der Waals surface area contributed by atoms with Gasteiger partial charge in [-0.05, 0) is 19.1 Å². The summed E-state index contributed by atoms with van der Waals surface area (Å²) in [5, 5.41) is 2.58. The van der Waals surface area contributed by atoms with E-state index < -0.39 is 29.2 Å². The largest absolute Gasteiger partial charge is 0.472 e. The second-order valence-corrected chi connectivity index (χ2v) is 5.13. The van der Waals surface area contributed by atoms with Gasteiger partial charge in [-0.3, -0.25) is 29.3 Å². The second-order valence-electron chi connectivity index (χ2n) is 5.13. The number of hydrogen-bond donors (Lipinski definition) is 3. The first kappa shape index (κ1) is 15.6. The molecule has 3 heterocycles. The van der Waals surface area contributed by atoms with Crippen LogP contribution in [0.4, 0.5) is 5.82 Å². The first-order valence-corrected chi connectivity index (χ1v) is 7.09. The van der Waals surface area contributed by atoms with Crippen molar-refractivity contribution in [1.82, 2.24) is 15.3 Å². The Morgan fingerprint density at radius 3 is 2.83 bits per heavy atom. The standard InChI is InChI=1S/C14H14N4O6/c1-7-13(21)18(6-9(19)15-5-8-3-2-4-23-8)11-10(24-7)12(20)17-14(22)16-11/h2-4,7H,5-6H2,1H3,(H,15,19)(H2,16,17,20,22). The molecule has 24 heavy (non-hydrogen) atoms. The highest BCUT2D eigenvalue weighted by Gasteiger charge is 2.35. The molecule has 3 rings (SSSR count). The van der Waals surface area contributed by atoms with Crippen molar-refractivity contribution < 1.29 is 18.7 Å². The van der Waals surface area contributed by atoms with Gasteiger partial charge in [0.15, 0.2) is 11.9 Å². The van der Waals surface area contributed by atoms with Crippen molar-refractivity contribution in [2.45, 2.75) is 19.6 Å². The minimum atomic E-state index is -0.956. The summed E-state index contributed by atoms with van der Waals surface area (Å²) < 4.78 is 10.3. The quantitative estimate of drug-likeness (QED) is 0.661. The Kier molecular flexibility index (Phi) is 3.94. The smallest absolute Gasteiger partial charge is 0.327 e. The van der Waals surface area contributed by atoms with E-state index in [0.717, 1.165) is 4.90 Å². The van der Waals surface area contributed by atoms with E-state index in [2.05, 4.69) is 10.3 Å². The summed E-state index contributed by atoms with van der Waals surface area (Å²) >= 11 is 0. The highest BCUT2D eigenvalue weighted by molar-refractivity contribution is 6.02. The summed E-state index contributed by atoms with van der Waals surface area (Å²) in [6, 6.07) is 3.37. The van der Waals surface area contributed by atoms with Gasteiger partial charge in [-0.25, -0.2) is 4.79 Å².